The van der Waals surface area contributed by atoms with Crippen LogP contribution >= 0.6 is 38.6 Å². The van der Waals surface area contributed by atoms with Gasteiger partial charge in [0.25, 0.3) is 5.56 Å². The van der Waals surface area contributed by atoms with Crippen LogP contribution in [0.1, 0.15) is 30.7 Å². The van der Waals surface area contributed by atoms with Gasteiger partial charge in [-0.05, 0) is 92.6 Å². The average Bonchev–Trinajstić information content (AvgIpc) is 3.81. The molecule has 0 aliphatic carbocycles. The molecule has 1 N–H and O–H groups in total. The number of carbonyl (C=O) groups excluding carboxylic acids is 1. The summed E-state index contributed by atoms with van der Waals surface area (Å²) in [6.07, 6.45) is 1.98. The van der Waals surface area contributed by atoms with Crippen LogP contribution in [-0.2, 0) is 16.1 Å². The van der Waals surface area contributed by atoms with E-state index in [9.17, 15) is 20.0 Å². The Balaban J connectivity index is 1.23. The molecular formula is C41H34BrN3O4S2. The summed E-state index contributed by atoms with van der Waals surface area (Å²) >= 11 is 6.47. The topological polar surface area (TPSA) is 95.6 Å². The van der Waals surface area contributed by atoms with Gasteiger partial charge in [-0.15, -0.1) is 22.7 Å². The lowest BCUT2D eigenvalue weighted by atomic mass is 10.1. The molecule has 3 heterocycles. The zero-order chi connectivity index (χ0) is 36.1. The van der Waals surface area contributed by atoms with Gasteiger partial charge in [0.05, 0.1) is 6.61 Å². The lowest BCUT2D eigenvalue weighted by molar-refractivity contribution is -0.145. The van der Waals surface area contributed by atoms with Crippen molar-refractivity contribution in [3.05, 3.63) is 140 Å². The largest absolute Gasteiger partial charge is 0.493 e. The number of nitriles is 1. The molecule has 3 aromatic carbocycles. The number of hydrogen-bond donors (Lipinski definition) is 1. The maximum atomic E-state index is 13.5. The van der Waals surface area contributed by atoms with Crippen LogP contribution in [0.5, 0.6) is 5.88 Å². The summed E-state index contributed by atoms with van der Waals surface area (Å²) in [5.74, 6) is -0.882. The van der Waals surface area contributed by atoms with Crippen molar-refractivity contribution in [1.82, 2.24) is 4.57 Å². The van der Waals surface area contributed by atoms with E-state index in [0.29, 0.717) is 0 Å². The molecule has 256 valence electrons. The summed E-state index contributed by atoms with van der Waals surface area (Å²) in [4.78, 5) is 31.9. The number of esters is 1. The van der Waals surface area contributed by atoms with Crippen molar-refractivity contribution < 1.29 is 14.6 Å². The number of rotatable bonds is 11. The number of aromatic nitrogens is 1. The Morgan fingerprint density at radius 3 is 2.08 bits per heavy atom. The Hall–Kier alpha value is -5.21. The zero-order valence-corrected chi connectivity index (χ0v) is 31.2. The van der Waals surface area contributed by atoms with Crippen molar-refractivity contribution in [1.29, 1.82) is 5.26 Å². The summed E-state index contributed by atoms with van der Waals surface area (Å²) in [6, 6.07) is 39.3. The molecule has 3 aromatic heterocycles. The van der Waals surface area contributed by atoms with E-state index in [4.69, 9.17) is 4.74 Å². The third-order valence-electron chi connectivity index (χ3n) is 8.14. The van der Waals surface area contributed by atoms with E-state index in [1.165, 1.54) is 11.3 Å². The minimum absolute atomic E-state index is 0.0495. The smallest absolute Gasteiger partial charge is 0.322 e. The lowest BCUT2D eigenvalue weighted by Crippen LogP contribution is -2.46. The fourth-order valence-corrected chi connectivity index (χ4v) is 7.68. The van der Waals surface area contributed by atoms with Gasteiger partial charge in [-0.2, -0.15) is 5.26 Å². The average molecular weight is 777 g/mol. The monoisotopic (exact) mass is 775 g/mol. The number of para-hydroxylation sites is 2. The molecule has 0 unspecified atom stereocenters. The third-order valence-corrected chi connectivity index (χ3v) is 10.8. The van der Waals surface area contributed by atoms with E-state index in [-0.39, 0.29) is 35.6 Å². The Labute approximate surface area is 312 Å². The molecule has 0 bridgehead atoms. The van der Waals surface area contributed by atoms with Crippen molar-refractivity contribution in [2.24, 2.45) is 0 Å². The number of alkyl halides is 1. The molecule has 0 aliphatic heterocycles. The second kappa shape index (κ2) is 15.4. The van der Waals surface area contributed by atoms with E-state index < -0.39 is 21.7 Å². The first-order chi connectivity index (χ1) is 24.5. The molecule has 0 atom stereocenters. The van der Waals surface area contributed by atoms with Crippen LogP contribution < -0.4 is 20.9 Å². The molecule has 6 aromatic rings. The van der Waals surface area contributed by atoms with E-state index in [1.807, 2.05) is 54.6 Å². The first-order valence-electron chi connectivity index (χ1n) is 16.2. The van der Waals surface area contributed by atoms with E-state index >= 15 is 0 Å². The number of aromatic hydroxyl groups is 1. The van der Waals surface area contributed by atoms with Crippen molar-refractivity contribution >= 4 is 74.3 Å². The summed E-state index contributed by atoms with van der Waals surface area (Å²) in [5.41, 5.74) is 3.79. The molecular weight excluding hydrogens is 743 g/mol. The fraction of sp³-hybridized carbons (Fsp3) is 0.146. The molecule has 0 spiro atoms. The van der Waals surface area contributed by atoms with Crippen LogP contribution in [0.2, 0.25) is 0 Å². The van der Waals surface area contributed by atoms with Gasteiger partial charge in [-0.3, -0.25) is 14.2 Å². The predicted octanol–water partition coefficient (Wildman–Crippen LogP) is 8.70. The van der Waals surface area contributed by atoms with Crippen LogP contribution in [0, 0.1) is 11.3 Å². The van der Waals surface area contributed by atoms with Gasteiger partial charge in [0.15, 0.2) is 0 Å². The second-order valence-corrected chi connectivity index (χ2v) is 16.4. The molecule has 0 saturated carbocycles. The Kier molecular flexibility index (Phi) is 10.7. The Bertz CT molecular complexity index is 2350. The number of thiophene rings is 2. The van der Waals surface area contributed by atoms with Gasteiger partial charge in [0.1, 0.15) is 16.0 Å². The summed E-state index contributed by atoms with van der Waals surface area (Å²) in [5, 5.41) is 20.9. The highest BCUT2D eigenvalue weighted by Crippen LogP contribution is 2.40. The summed E-state index contributed by atoms with van der Waals surface area (Å²) in [6.45, 7) is 7.42. The van der Waals surface area contributed by atoms with Crippen molar-refractivity contribution in [2.45, 2.75) is 31.1 Å². The summed E-state index contributed by atoms with van der Waals surface area (Å²) < 4.78 is 5.57. The standard InChI is InChI=1S/C41H34BrN3O4S2/c1-27-33(38(46)44(39(47)34(27)26-43)23-10-24-49-40(48)41(2,3)42)25-32-19-20-36(50-32)37-22-21-35(51-37)28-15-17-31(18-16-28)45(29-11-6-4-7-12-29)30-13-8-5-9-14-30/h4-9,11-22,25,47H,1,10,23-24H2,2-3H3/b33-25-. The molecule has 0 amide bonds. The Morgan fingerprint density at radius 1 is 0.902 bits per heavy atom. The highest BCUT2D eigenvalue weighted by Gasteiger charge is 2.25. The first-order valence-corrected chi connectivity index (χ1v) is 18.6. The molecule has 6 rings (SSSR count). The Morgan fingerprint density at radius 2 is 1.47 bits per heavy atom. The number of ether oxygens (including phenoxy) is 1. The van der Waals surface area contributed by atoms with Crippen molar-refractivity contribution in [2.75, 3.05) is 11.5 Å². The van der Waals surface area contributed by atoms with Gasteiger partial charge in [-0.1, -0.05) is 71.0 Å². The number of pyridine rings is 1. The molecule has 0 aliphatic rings. The number of carbonyl (C=O) groups is 1. The maximum absolute atomic E-state index is 13.5. The van der Waals surface area contributed by atoms with Gasteiger partial charge in [0.2, 0.25) is 5.88 Å². The number of anilines is 3. The van der Waals surface area contributed by atoms with Crippen LogP contribution in [0.4, 0.5) is 17.1 Å². The van der Waals surface area contributed by atoms with Gasteiger partial charge >= 0.3 is 5.97 Å². The number of hydrogen-bond acceptors (Lipinski definition) is 8. The van der Waals surface area contributed by atoms with Crippen molar-refractivity contribution in [3.8, 4) is 32.1 Å². The van der Waals surface area contributed by atoms with E-state index in [0.717, 1.165) is 46.7 Å². The van der Waals surface area contributed by atoms with Crippen LogP contribution in [0.15, 0.2) is 114 Å². The minimum Gasteiger partial charge on any atom is -0.493 e. The van der Waals surface area contributed by atoms with Crippen LogP contribution in [-0.4, -0.2) is 26.6 Å². The van der Waals surface area contributed by atoms with Gasteiger partial charge in [-0.25, -0.2) is 0 Å². The first kappa shape index (κ1) is 35.6. The second-order valence-electron chi connectivity index (χ2n) is 12.2. The highest BCUT2D eigenvalue weighted by molar-refractivity contribution is 9.10. The van der Waals surface area contributed by atoms with E-state index in [1.54, 1.807) is 31.3 Å². The fourth-order valence-electron chi connectivity index (χ4n) is 5.51. The quantitative estimate of drug-likeness (QED) is 0.0804. The molecule has 51 heavy (non-hydrogen) atoms. The number of nitrogens with zero attached hydrogens (tertiary/aromatic N) is 3. The predicted molar refractivity (Wildman–Crippen MR) is 212 cm³/mol. The number of halogens is 1. The maximum Gasteiger partial charge on any atom is 0.322 e. The van der Waals surface area contributed by atoms with E-state index in [2.05, 4.69) is 88.1 Å². The van der Waals surface area contributed by atoms with Crippen molar-refractivity contribution in [3.63, 3.8) is 0 Å². The number of benzene rings is 3. The highest BCUT2D eigenvalue weighted by atomic mass is 79.9. The molecule has 0 saturated heterocycles. The van der Waals surface area contributed by atoms with Gasteiger partial charge < -0.3 is 14.7 Å². The molecule has 7 nitrogen and oxygen atoms in total. The third kappa shape index (κ3) is 7.92. The van der Waals surface area contributed by atoms with Crippen LogP contribution in [0.25, 0.3) is 32.8 Å². The minimum atomic E-state index is -0.832. The SMILES string of the molecule is C=c1c(C#N)c(O)n(CCCOC(=O)C(C)(C)Br)c(=O)/c1=C\c1ccc(-c2ccc(-c3ccc(N(c4ccccc4)c4ccccc4)cc3)s2)s1. The molecule has 0 fully saturated rings. The molecule has 0 radical (unpaired) electrons. The molecule has 10 heteroatoms. The van der Waals surface area contributed by atoms with Crippen LogP contribution in [0.3, 0.4) is 0 Å². The normalized spacial score (nSPS) is 11.7. The lowest BCUT2D eigenvalue weighted by Gasteiger charge is -2.25. The zero-order valence-electron chi connectivity index (χ0n) is 28.0. The summed E-state index contributed by atoms with van der Waals surface area (Å²) in [7, 11) is 0. The van der Waals surface area contributed by atoms with Gasteiger partial charge in [0, 0.05) is 53.6 Å².